The summed E-state index contributed by atoms with van der Waals surface area (Å²) in [5, 5.41) is 1.97. The first kappa shape index (κ1) is 13.6. The van der Waals surface area contributed by atoms with Crippen LogP contribution in [0, 0.1) is 0 Å². The van der Waals surface area contributed by atoms with Crippen LogP contribution in [0.2, 0.25) is 0 Å². The van der Waals surface area contributed by atoms with Crippen LogP contribution in [0.5, 0.6) is 5.75 Å². The van der Waals surface area contributed by atoms with Crippen LogP contribution in [0.1, 0.15) is 4.88 Å². The van der Waals surface area contributed by atoms with Gasteiger partial charge in [-0.3, -0.25) is 0 Å². The Morgan fingerprint density at radius 2 is 2.11 bits per heavy atom. The van der Waals surface area contributed by atoms with Gasteiger partial charge < -0.3 is 4.74 Å². The third-order valence-corrected chi connectivity index (χ3v) is 5.30. The molecule has 0 saturated heterocycles. The van der Waals surface area contributed by atoms with E-state index in [0.717, 1.165) is 9.35 Å². The predicted molar refractivity (Wildman–Crippen MR) is 75.9 cm³/mol. The van der Waals surface area contributed by atoms with E-state index in [9.17, 15) is 8.42 Å². The molecule has 96 valence electrons. The minimum absolute atomic E-state index is 0.269. The number of sulfone groups is 1. The Morgan fingerprint density at radius 3 is 2.72 bits per heavy atom. The van der Waals surface area contributed by atoms with Crippen molar-refractivity contribution in [1.29, 1.82) is 0 Å². The maximum absolute atomic E-state index is 11.4. The van der Waals surface area contributed by atoms with Crippen molar-refractivity contribution in [3.05, 3.63) is 45.1 Å². The number of halogens is 1. The first-order valence-corrected chi connectivity index (χ1v) is 8.68. The van der Waals surface area contributed by atoms with Crippen LogP contribution in [0.25, 0.3) is 0 Å². The Bertz CT molecular complexity index is 647. The van der Waals surface area contributed by atoms with Gasteiger partial charge in [-0.25, -0.2) is 8.42 Å². The van der Waals surface area contributed by atoms with Crippen molar-refractivity contribution < 1.29 is 13.2 Å². The molecule has 0 fully saturated rings. The van der Waals surface area contributed by atoms with Crippen LogP contribution >= 0.6 is 27.3 Å². The molecular weight excluding hydrogens is 336 g/mol. The van der Waals surface area contributed by atoms with Gasteiger partial charge in [-0.15, -0.1) is 11.3 Å². The summed E-state index contributed by atoms with van der Waals surface area (Å²) in [4.78, 5) is 1.34. The molecule has 0 spiro atoms. The summed E-state index contributed by atoms with van der Waals surface area (Å²) in [5.41, 5.74) is 0. The normalized spacial score (nSPS) is 11.4. The zero-order chi connectivity index (χ0) is 13.2. The van der Waals surface area contributed by atoms with Gasteiger partial charge in [0.1, 0.15) is 12.4 Å². The average Bonchev–Trinajstić information content (AvgIpc) is 2.72. The molecule has 1 aromatic carbocycles. The molecule has 18 heavy (non-hydrogen) atoms. The fraction of sp³-hybridized carbons (Fsp3) is 0.167. The quantitative estimate of drug-likeness (QED) is 0.850. The Morgan fingerprint density at radius 1 is 1.33 bits per heavy atom. The van der Waals surface area contributed by atoms with Gasteiger partial charge in [0, 0.05) is 10.7 Å². The van der Waals surface area contributed by atoms with Crippen molar-refractivity contribution in [3.8, 4) is 5.75 Å². The highest BCUT2D eigenvalue weighted by Crippen LogP contribution is 2.25. The molecule has 6 heteroatoms. The van der Waals surface area contributed by atoms with Gasteiger partial charge in [0.05, 0.1) is 9.77 Å². The molecule has 0 N–H and O–H groups in total. The molecule has 2 aromatic rings. The van der Waals surface area contributed by atoms with E-state index in [2.05, 4.69) is 15.9 Å². The second kappa shape index (κ2) is 5.42. The van der Waals surface area contributed by atoms with Gasteiger partial charge in [-0.1, -0.05) is 6.07 Å². The molecule has 0 atom stereocenters. The molecule has 0 amide bonds. The van der Waals surface area contributed by atoms with E-state index < -0.39 is 9.84 Å². The third-order valence-electron chi connectivity index (χ3n) is 2.29. The highest BCUT2D eigenvalue weighted by molar-refractivity contribution is 9.10. The number of benzene rings is 1. The van der Waals surface area contributed by atoms with Gasteiger partial charge in [0.25, 0.3) is 0 Å². The van der Waals surface area contributed by atoms with E-state index >= 15 is 0 Å². The number of ether oxygens (including phenoxy) is 1. The molecule has 1 aromatic heterocycles. The Kier molecular flexibility index (Phi) is 4.09. The smallest absolute Gasteiger partial charge is 0.175 e. The largest absolute Gasteiger partial charge is 0.488 e. The maximum atomic E-state index is 11.4. The summed E-state index contributed by atoms with van der Waals surface area (Å²) >= 11 is 5.01. The number of hydrogen-bond donors (Lipinski definition) is 0. The van der Waals surface area contributed by atoms with Crippen LogP contribution in [0.15, 0.2) is 45.1 Å². The Balaban J connectivity index is 2.13. The van der Waals surface area contributed by atoms with Crippen molar-refractivity contribution >= 4 is 37.1 Å². The van der Waals surface area contributed by atoms with E-state index in [1.54, 1.807) is 29.5 Å². The minimum Gasteiger partial charge on any atom is -0.488 e. The van der Waals surface area contributed by atoms with Gasteiger partial charge in [-0.05, 0) is 45.6 Å². The van der Waals surface area contributed by atoms with E-state index in [1.807, 2.05) is 11.4 Å². The van der Waals surface area contributed by atoms with E-state index in [1.165, 1.54) is 12.3 Å². The first-order chi connectivity index (χ1) is 8.47. The van der Waals surface area contributed by atoms with Crippen LogP contribution in [0.4, 0.5) is 0 Å². The average molecular weight is 347 g/mol. The summed E-state index contributed by atoms with van der Waals surface area (Å²) in [5.74, 6) is 0.554. The molecule has 0 bridgehead atoms. The van der Waals surface area contributed by atoms with E-state index in [0.29, 0.717) is 12.4 Å². The molecular formula is C12H11BrO3S2. The lowest BCUT2D eigenvalue weighted by atomic mass is 10.3. The molecule has 0 aliphatic heterocycles. The predicted octanol–water partition coefficient (Wildman–Crippen LogP) is 3.49. The Labute approximate surface area is 118 Å². The summed E-state index contributed by atoms with van der Waals surface area (Å²) in [6.45, 7) is 0.422. The highest BCUT2D eigenvalue weighted by atomic mass is 79.9. The van der Waals surface area contributed by atoms with Crippen LogP contribution < -0.4 is 4.74 Å². The lowest BCUT2D eigenvalue weighted by Crippen LogP contribution is -1.99. The third kappa shape index (κ3) is 3.34. The zero-order valence-corrected chi connectivity index (χ0v) is 12.8. The van der Waals surface area contributed by atoms with Crippen LogP contribution in [-0.2, 0) is 16.4 Å². The van der Waals surface area contributed by atoms with E-state index in [4.69, 9.17) is 4.74 Å². The second-order valence-corrected chi connectivity index (χ2v) is 7.60. The maximum Gasteiger partial charge on any atom is 0.175 e. The number of rotatable bonds is 4. The molecule has 2 rings (SSSR count). The number of thiophene rings is 1. The molecule has 0 saturated carbocycles. The molecule has 3 nitrogen and oxygen atoms in total. The van der Waals surface area contributed by atoms with Crippen molar-refractivity contribution in [2.75, 3.05) is 6.26 Å². The van der Waals surface area contributed by atoms with Crippen LogP contribution in [0.3, 0.4) is 0 Å². The summed E-state index contributed by atoms with van der Waals surface area (Å²) in [6, 6.07) is 8.47. The van der Waals surface area contributed by atoms with Gasteiger partial charge in [-0.2, -0.15) is 0 Å². The summed E-state index contributed by atoms with van der Waals surface area (Å²) in [7, 11) is -3.19. The summed E-state index contributed by atoms with van der Waals surface area (Å²) < 4.78 is 29.4. The zero-order valence-electron chi connectivity index (χ0n) is 9.59. The molecule has 0 unspecified atom stereocenters. The van der Waals surface area contributed by atoms with Crippen molar-refractivity contribution in [2.45, 2.75) is 11.5 Å². The second-order valence-electron chi connectivity index (χ2n) is 3.73. The molecule has 0 aliphatic rings. The minimum atomic E-state index is -3.19. The van der Waals surface area contributed by atoms with Crippen molar-refractivity contribution in [1.82, 2.24) is 0 Å². The fourth-order valence-electron chi connectivity index (χ4n) is 1.37. The fourth-order valence-corrected chi connectivity index (χ4v) is 3.41. The van der Waals surface area contributed by atoms with Gasteiger partial charge >= 0.3 is 0 Å². The SMILES string of the molecule is CS(=O)(=O)c1cccc(OCc2sccc2Br)c1. The standard InChI is InChI=1S/C12H11BrO3S2/c1-18(14,15)10-4-2-3-9(7-10)16-8-12-11(13)5-6-17-12/h2-7H,8H2,1H3. The van der Waals surface area contributed by atoms with E-state index in [-0.39, 0.29) is 4.90 Å². The molecule has 1 heterocycles. The molecule has 0 radical (unpaired) electrons. The van der Waals surface area contributed by atoms with Crippen molar-refractivity contribution in [2.24, 2.45) is 0 Å². The van der Waals surface area contributed by atoms with Crippen LogP contribution in [-0.4, -0.2) is 14.7 Å². The Hall–Kier alpha value is -0.850. The number of hydrogen-bond acceptors (Lipinski definition) is 4. The van der Waals surface area contributed by atoms with Gasteiger partial charge in [0.2, 0.25) is 0 Å². The lowest BCUT2D eigenvalue weighted by molar-refractivity contribution is 0.308. The lowest BCUT2D eigenvalue weighted by Gasteiger charge is -2.06. The van der Waals surface area contributed by atoms with Gasteiger partial charge in [0.15, 0.2) is 9.84 Å². The molecule has 0 aliphatic carbocycles. The van der Waals surface area contributed by atoms with Crippen molar-refractivity contribution in [3.63, 3.8) is 0 Å². The highest BCUT2D eigenvalue weighted by Gasteiger charge is 2.08. The monoisotopic (exact) mass is 346 g/mol. The topological polar surface area (TPSA) is 43.4 Å². The summed E-state index contributed by atoms with van der Waals surface area (Å²) in [6.07, 6.45) is 1.18. The first-order valence-electron chi connectivity index (χ1n) is 5.11.